The standard InChI is InChI=1S/C35H42ClN7O3/c1-40-15-4-7-25(40)21-45-35-38-28-20-41(29-9-3-6-22-5-2-8-27(36)30(22)29)16-13-26(28)33(39-35)42-17-18-43(24(19-42)12-14-37)34(44)32-31(46-32)23-10-11-23/h2-3,5-6,8-9,23-25,31-32,34,44H,4,7,10-13,15-21H2,1H3/t24-,25-,31+,32+,34?/m0/s1. The molecule has 11 heteroatoms. The van der Waals surface area contributed by atoms with Crippen LogP contribution in [0, 0.1) is 17.2 Å². The molecular formula is C35H42ClN7O3. The third-order valence-electron chi connectivity index (χ3n) is 10.7. The summed E-state index contributed by atoms with van der Waals surface area (Å²) in [6.45, 7) is 4.99. The van der Waals surface area contributed by atoms with Crippen molar-refractivity contribution in [3.05, 3.63) is 52.7 Å². The van der Waals surface area contributed by atoms with Crippen molar-refractivity contribution >= 4 is 33.9 Å². The van der Waals surface area contributed by atoms with E-state index in [1.807, 2.05) is 12.1 Å². The zero-order valence-corrected chi connectivity index (χ0v) is 27.1. The summed E-state index contributed by atoms with van der Waals surface area (Å²) in [5.74, 6) is 1.49. The maximum atomic E-state index is 11.3. The Kier molecular flexibility index (Phi) is 8.15. The fourth-order valence-corrected chi connectivity index (χ4v) is 8.17. The molecule has 2 aromatic carbocycles. The molecule has 1 saturated carbocycles. The number of nitriles is 1. The van der Waals surface area contributed by atoms with Crippen LogP contribution in [0.25, 0.3) is 10.8 Å². The van der Waals surface area contributed by atoms with E-state index >= 15 is 0 Å². The van der Waals surface area contributed by atoms with Crippen molar-refractivity contribution in [2.45, 2.75) is 75.6 Å². The van der Waals surface area contributed by atoms with Gasteiger partial charge in [-0.15, -0.1) is 0 Å². The Bertz CT molecular complexity index is 1640. The van der Waals surface area contributed by atoms with Gasteiger partial charge in [-0.05, 0) is 69.1 Å². The van der Waals surface area contributed by atoms with Crippen molar-refractivity contribution in [3.63, 3.8) is 0 Å². The van der Waals surface area contributed by atoms with Crippen LogP contribution in [0.1, 0.15) is 43.4 Å². The van der Waals surface area contributed by atoms with Gasteiger partial charge in [0.1, 0.15) is 24.8 Å². The van der Waals surface area contributed by atoms with Crippen LogP contribution in [0.15, 0.2) is 36.4 Å². The Balaban J connectivity index is 1.08. The lowest BCUT2D eigenvalue weighted by atomic mass is 10.0. The number of benzene rings is 2. The first kappa shape index (κ1) is 30.2. The van der Waals surface area contributed by atoms with Crippen molar-refractivity contribution in [1.82, 2.24) is 19.8 Å². The number of aromatic nitrogens is 2. The zero-order chi connectivity index (χ0) is 31.4. The predicted octanol–water partition coefficient (Wildman–Crippen LogP) is 4.22. The Morgan fingerprint density at radius 3 is 2.70 bits per heavy atom. The minimum Gasteiger partial charge on any atom is -0.462 e. The number of hydrogen-bond donors (Lipinski definition) is 1. The molecule has 0 amide bonds. The molecule has 8 rings (SSSR count). The van der Waals surface area contributed by atoms with Gasteiger partial charge in [-0.2, -0.15) is 15.2 Å². The fraction of sp³-hybridized carbons (Fsp3) is 0.571. The number of halogens is 1. The van der Waals surface area contributed by atoms with Gasteiger partial charge in [0.25, 0.3) is 0 Å². The molecule has 1 aromatic heterocycles. The van der Waals surface area contributed by atoms with E-state index in [0.717, 1.165) is 64.5 Å². The molecule has 5 heterocycles. The molecule has 46 heavy (non-hydrogen) atoms. The molecule has 0 radical (unpaired) electrons. The Morgan fingerprint density at radius 1 is 1.07 bits per heavy atom. The molecule has 4 fully saturated rings. The van der Waals surface area contributed by atoms with E-state index in [4.69, 9.17) is 31.0 Å². The van der Waals surface area contributed by atoms with Crippen LogP contribution in [-0.2, 0) is 17.7 Å². The molecule has 10 nitrogen and oxygen atoms in total. The molecule has 0 bridgehead atoms. The molecular weight excluding hydrogens is 602 g/mol. The molecule has 242 valence electrons. The Morgan fingerprint density at radius 2 is 1.91 bits per heavy atom. The number of fused-ring (bicyclic) bond motifs is 2. The molecule has 0 spiro atoms. The number of aliphatic hydroxyl groups is 1. The second-order valence-electron chi connectivity index (χ2n) is 13.6. The molecule has 4 aliphatic heterocycles. The number of anilines is 2. The number of rotatable bonds is 9. The van der Waals surface area contributed by atoms with Crippen LogP contribution >= 0.6 is 11.6 Å². The number of epoxide rings is 1. The van der Waals surface area contributed by atoms with Crippen molar-refractivity contribution in [2.75, 3.05) is 56.2 Å². The topological polar surface area (TPSA) is 105 Å². The third-order valence-corrected chi connectivity index (χ3v) is 11.0. The highest BCUT2D eigenvalue weighted by Gasteiger charge is 2.55. The minimum absolute atomic E-state index is 0.127. The van der Waals surface area contributed by atoms with Crippen molar-refractivity contribution < 1.29 is 14.6 Å². The van der Waals surface area contributed by atoms with E-state index in [-0.39, 0.29) is 18.2 Å². The van der Waals surface area contributed by atoms with E-state index in [1.165, 1.54) is 19.3 Å². The summed E-state index contributed by atoms with van der Waals surface area (Å²) in [6, 6.07) is 15.4. The lowest BCUT2D eigenvalue weighted by Crippen LogP contribution is -2.58. The van der Waals surface area contributed by atoms with Crippen LogP contribution in [0.4, 0.5) is 11.5 Å². The lowest BCUT2D eigenvalue weighted by molar-refractivity contribution is -0.0455. The smallest absolute Gasteiger partial charge is 0.318 e. The minimum atomic E-state index is -0.686. The molecule has 1 aliphatic carbocycles. The summed E-state index contributed by atoms with van der Waals surface area (Å²) in [5, 5.41) is 24.0. The van der Waals surface area contributed by atoms with Gasteiger partial charge < -0.3 is 29.3 Å². The largest absolute Gasteiger partial charge is 0.462 e. The highest BCUT2D eigenvalue weighted by Crippen LogP contribution is 2.46. The van der Waals surface area contributed by atoms with E-state index in [0.29, 0.717) is 57.2 Å². The second-order valence-corrected chi connectivity index (χ2v) is 14.1. The van der Waals surface area contributed by atoms with Gasteiger partial charge in [-0.3, -0.25) is 4.90 Å². The van der Waals surface area contributed by atoms with Gasteiger partial charge in [0.2, 0.25) is 0 Å². The number of ether oxygens (including phenoxy) is 2. The van der Waals surface area contributed by atoms with Crippen LogP contribution in [-0.4, -0.2) is 102 Å². The van der Waals surface area contributed by atoms with Crippen molar-refractivity contribution in [2.24, 2.45) is 5.92 Å². The van der Waals surface area contributed by atoms with Gasteiger partial charge in [0.05, 0.1) is 35.9 Å². The molecule has 3 saturated heterocycles. The second kappa shape index (κ2) is 12.4. The van der Waals surface area contributed by atoms with Crippen LogP contribution in [0.3, 0.4) is 0 Å². The van der Waals surface area contributed by atoms with Gasteiger partial charge >= 0.3 is 6.01 Å². The van der Waals surface area contributed by atoms with Gasteiger partial charge in [-0.1, -0.05) is 35.9 Å². The van der Waals surface area contributed by atoms with Crippen molar-refractivity contribution in [3.8, 4) is 12.1 Å². The molecule has 1 unspecified atom stereocenters. The van der Waals surface area contributed by atoms with E-state index in [2.05, 4.69) is 57.0 Å². The molecule has 1 N–H and O–H groups in total. The fourth-order valence-electron chi connectivity index (χ4n) is 7.89. The summed E-state index contributed by atoms with van der Waals surface area (Å²) in [4.78, 5) is 19.2. The van der Waals surface area contributed by atoms with Gasteiger partial charge in [0.15, 0.2) is 0 Å². The maximum Gasteiger partial charge on any atom is 0.318 e. The van der Waals surface area contributed by atoms with Gasteiger partial charge in [-0.25, -0.2) is 0 Å². The first-order valence-corrected chi connectivity index (χ1v) is 17.2. The predicted molar refractivity (Wildman–Crippen MR) is 177 cm³/mol. The first-order chi connectivity index (χ1) is 22.5. The highest BCUT2D eigenvalue weighted by atomic mass is 35.5. The summed E-state index contributed by atoms with van der Waals surface area (Å²) < 4.78 is 12.3. The van der Waals surface area contributed by atoms with Crippen molar-refractivity contribution in [1.29, 1.82) is 5.26 Å². The summed E-state index contributed by atoms with van der Waals surface area (Å²) in [5.41, 5.74) is 3.21. The van der Waals surface area contributed by atoms with Crippen LogP contribution < -0.4 is 14.5 Å². The number of likely N-dealkylation sites (tertiary alicyclic amines) is 1. The van der Waals surface area contributed by atoms with Gasteiger partial charge in [0, 0.05) is 54.9 Å². The number of likely N-dealkylation sites (N-methyl/N-ethyl adjacent to an activating group) is 1. The van der Waals surface area contributed by atoms with Crippen LogP contribution in [0.2, 0.25) is 5.02 Å². The lowest BCUT2D eigenvalue weighted by Gasteiger charge is -2.44. The molecule has 5 atom stereocenters. The average Bonchev–Trinajstić information content (AvgIpc) is 4.00. The third kappa shape index (κ3) is 5.77. The average molecular weight is 644 g/mol. The normalized spacial score (nSPS) is 27.4. The van der Waals surface area contributed by atoms with E-state index in [9.17, 15) is 10.4 Å². The van der Waals surface area contributed by atoms with Crippen LogP contribution in [0.5, 0.6) is 6.01 Å². The molecule has 3 aromatic rings. The SMILES string of the molecule is CN1CCC[C@H]1COc1nc2c(c(N3CCN(C(O)[C@@H]4O[C@@H]4C4CC4)[C@@H](CC#N)C3)n1)CCN(c1cccc3cccc(Cl)c13)C2. The van der Waals surface area contributed by atoms with E-state index in [1.54, 1.807) is 0 Å². The Labute approximate surface area is 275 Å². The maximum absolute atomic E-state index is 11.3. The summed E-state index contributed by atoms with van der Waals surface area (Å²) in [7, 11) is 2.15. The number of piperazine rings is 1. The zero-order valence-electron chi connectivity index (χ0n) is 26.4. The summed E-state index contributed by atoms with van der Waals surface area (Å²) >= 11 is 6.74. The molecule has 5 aliphatic rings. The van der Waals surface area contributed by atoms with E-state index < -0.39 is 6.23 Å². The number of aliphatic hydroxyl groups excluding tert-OH is 1. The number of nitrogens with zero attached hydrogens (tertiary/aromatic N) is 7. The Hall–Kier alpha value is -3.20. The quantitative estimate of drug-likeness (QED) is 0.341. The summed E-state index contributed by atoms with van der Waals surface area (Å²) in [6.07, 6.45) is 5.11. The first-order valence-electron chi connectivity index (χ1n) is 16.8. The number of hydrogen-bond acceptors (Lipinski definition) is 10. The highest BCUT2D eigenvalue weighted by molar-refractivity contribution is 6.36. The monoisotopic (exact) mass is 643 g/mol.